The van der Waals surface area contributed by atoms with Crippen molar-refractivity contribution in [2.45, 2.75) is 29.7 Å². The lowest BCUT2D eigenvalue weighted by molar-refractivity contribution is -0.122. The van der Waals surface area contributed by atoms with Crippen LogP contribution >= 0.6 is 23.1 Å². The number of thiazole rings is 1. The summed E-state index contributed by atoms with van der Waals surface area (Å²) in [6, 6.07) is 23.6. The molecule has 1 N–H and O–H groups in total. The van der Waals surface area contributed by atoms with Crippen LogP contribution in [0.1, 0.15) is 39.2 Å². The number of carbonyl (C=O) groups excluding carboxylic acids is 3. The van der Waals surface area contributed by atoms with Gasteiger partial charge in [0.15, 0.2) is 0 Å². The third-order valence-electron chi connectivity index (χ3n) is 6.95. The van der Waals surface area contributed by atoms with Gasteiger partial charge in [-0.05, 0) is 54.4 Å². The molecule has 1 aromatic heterocycles. The number of nitrogens with zero attached hydrogens (tertiary/aromatic N) is 1. The van der Waals surface area contributed by atoms with Crippen LogP contribution in [0.4, 0.5) is 5.69 Å². The zero-order valence-electron chi connectivity index (χ0n) is 21.4. The molecule has 4 aromatic rings. The highest BCUT2D eigenvalue weighted by atomic mass is 32.2. The zero-order chi connectivity index (χ0) is 27.8. The molecule has 2 aliphatic heterocycles. The summed E-state index contributed by atoms with van der Waals surface area (Å²) in [6.07, 6.45) is 0. The van der Waals surface area contributed by atoms with Crippen molar-refractivity contribution < 1.29 is 23.9 Å². The summed E-state index contributed by atoms with van der Waals surface area (Å²) >= 11 is 2.29. The number of anilines is 1. The molecule has 3 aromatic carbocycles. The molecule has 10 heteroatoms. The Morgan fingerprint density at radius 3 is 2.35 bits per heavy atom. The number of rotatable bonds is 7. The second kappa shape index (κ2) is 10.8. The fourth-order valence-corrected chi connectivity index (χ4v) is 7.62. The molecule has 6 rings (SSSR count). The van der Waals surface area contributed by atoms with Crippen molar-refractivity contribution in [2.75, 3.05) is 11.5 Å². The Morgan fingerprint density at radius 1 is 0.925 bits per heavy atom. The highest BCUT2D eigenvalue weighted by Crippen LogP contribution is 2.53. The number of carbonyl (C=O) groups is 3. The van der Waals surface area contributed by atoms with Crippen molar-refractivity contribution in [1.29, 1.82) is 0 Å². The molecule has 0 saturated carbocycles. The van der Waals surface area contributed by atoms with Gasteiger partial charge in [0.1, 0.15) is 17.6 Å². The van der Waals surface area contributed by atoms with E-state index >= 15 is 0 Å². The van der Waals surface area contributed by atoms with Crippen molar-refractivity contribution in [1.82, 2.24) is 4.98 Å². The number of thioether (sulfide) groups is 1. The summed E-state index contributed by atoms with van der Waals surface area (Å²) in [7, 11) is 0. The van der Waals surface area contributed by atoms with Crippen molar-refractivity contribution >= 4 is 46.6 Å². The molecule has 0 aliphatic carbocycles. The van der Waals surface area contributed by atoms with E-state index in [4.69, 9.17) is 9.47 Å². The van der Waals surface area contributed by atoms with E-state index in [0.717, 1.165) is 27.3 Å². The molecule has 3 heterocycles. The molecule has 1 fully saturated rings. The van der Waals surface area contributed by atoms with Gasteiger partial charge in [0.05, 0.1) is 28.8 Å². The summed E-state index contributed by atoms with van der Waals surface area (Å²) in [5, 5.41) is -0.0831. The number of nitrogens with one attached hydrogen (secondary N) is 1. The summed E-state index contributed by atoms with van der Waals surface area (Å²) in [5.41, 5.74) is 2.59. The minimum Gasteiger partial charge on any atom is -0.489 e. The minimum atomic E-state index is -0.700. The van der Waals surface area contributed by atoms with Crippen molar-refractivity contribution in [3.05, 3.63) is 110 Å². The van der Waals surface area contributed by atoms with Crippen LogP contribution in [-0.4, -0.2) is 34.6 Å². The number of hydrogen-bond acceptors (Lipinski definition) is 8. The maximum absolute atomic E-state index is 13.9. The van der Waals surface area contributed by atoms with Crippen molar-refractivity contribution in [2.24, 2.45) is 5.92 Å². The van der Waals surface area contributed by atoms with E-state index in [-0.39, 0.29) is 23.3 Å². The number of ether oxygens (including phenoxy) is 2. The molecular formula is C30H24N2O6S2. The van der Waals surface area contributed by atoms with Gasteiger partial charge in [-0.15, -0.1) is 0 Å². The third kappa shape index (κ3) is 4.73. The number of imide groups is 1. The van der Waals surface area contributed by atoms with Gasteiger partial charge in [-0.3, -0.25) is 14.4 Å². The van der Waals surface area contributed by atoms with Gasteiger partial charge in [-0.1, -0.05) is 65.6 Å². The molecule has 3 atom stereocenters. The van der Waals surface area contributed by atoms with E-state index < -0.39 is 23.1 Å². The topological polar surface area (TPSA) is 106 Å². The van der Waals surface area contributed by atoms with Crippen LogP contribution in [0.15, 0.2) is 88.7 Å². The third-order valence-corrected chi connectivity index (χ3v) is 9.35. The Bertz CT molecular complexity index is 1630. The van der Waals surface area contributed by atoms with Crippen LogP contribution in [0.5, 0.6) is 5.75 Å². The predicted octanol–water partition coefficient (Wildman–Crippen LogP) is 4.99. The van der Waals surface area contributed by atoms with Crippen molar-refractivity contribution in [3.8, 4) is 5.75 Å². The van der Waals surface area contributed by atoms with Crippen LogP contribution in [0.3, 0.4) is 0 Å². The summed E-state index contributed by atoms with van der Waals surface area (Å²) in [6.45, 7) is 2.39. The van der Waals surface area contributed by atoms with Gasteiger partial charge >= 0.3 is 10.8 Å². The molecule has 0 spiro atoms. The minimum absolute atomic E-state index is 0.225. The molecule has 40 heavy (non-hydrogen) atoms. The molecule has 0 bridgehead atoms. The van der Waals surface area contributed by atoms with Gasteiger partial charge in [0, 0.05) is 10.8 Å². The van der Waals surface area contributed by atoms with E-state index in [1.54, 1.807) is 31.2 Å². The number of aromatic amines is 1. The fourth-order valence-electron chi connectivity index (χ4n) is 5.10. The number of benzene rings is 3. The lowest BCUT2D eigenvalue weighted by Gasteiger charge is -2.29. The molecular weight excluding hydrogens is 548 g/mol. The fraction of sp³-hybridized carbons (Fsp3) is 0.200. The Morgan fingerprint density at radius 2 is 1.65 bits per heavy atom. The number of aromatic nitrogens is 1. The Kier molecular flexibility index (Phi) is 7.03. The lowest BCUT2D eigenvalue weighted by atomic mass is 9.83. The second-order valence-corrected chi connectivity index (χ2v) is 11.5. The molecule has 2 amide bonds. The van der Waals surface area contributed by atoms with Crippen LogP contribution in [0.25, 0.3) is 0 Å². The number of hydrogen-bond donors (Lipinski definition) is 1. The summed E-state index contributed by atoms with van der Waals surface area (Å²) < 4.78 is 11.0. The Hall–Kier alpha value is -4.15. The Labute approximate surface area is 237 Å². The highest BCUT2D eigenvalue weighted by Gasteiger charge is 2.56. The smallest absolute Gasteiger partial charge is 0.338 e. The van der Waals surface area contributed by atoms with Crippen LogP contribution in [0, 0.1) is 5.92 Å². The number of fused-ring (bicyclic) bond motifs is 2. The quantitative estimate of drug-likeness (QED) is 0.246. The largest absolute Gasteiger partial charge is 0.489 e. The van der Waals surface area contributed by atoms with Crippen LogP contribution in [-0.2, 0) is 20.9 Å². The van der Waals surface area contributed by atoms with E-state index in [9.17, 15) is 19.2 Å². The van der Waals surface area contributed by atoms with Gasteiger partial charge in [0.25, 0.3) is 0 Å². The first-order chi connectivity index (χ1) is 19.4. The number of amides is 2. The molecule has 3 unspecified atom stereocenters. The summed E-state index contributed by atoms with van der Waals surface area (Å²) in [5.74, 6) is -1.66. The van der Waals surface area contributed by atoms with E-state index in [1.165, 1.54) is 16.7 Å². The highest BCUT2D eigenvalue weighted by molar-refractivity contribution is 8.00. The second-order valence-electron chi connectivity index (χ2n) is 9.37. The molecule has 2 aliphatic rings. The van der Waals surface area contributed by atoms with Gasteiger partial charge in [-0.2, -0.15) is 0 Å². The first-order valence-electron chi connectivity index (χ1n) is 12.8. The van der Waals surface area contributed by atoms with Crippen LogP contribution < -0.4 is 14.5 Å². The van der Waals surface area contributed by atoms with E-state index in [0.29, 0.717) is 28.6 Å². The van der Waals surface area contributed by atoms with E-state index in [2.05, 4.69) is 4.98 Å². The maximum Gasteiger partial charge on any atom is 0.338 e. The standard InChI is InChI=1S/C30H24N2O6S2/c1-2-37-29(35)19-8-12-20(13-9-19)32-27(33)23-22(24-26(31-30(36)40-24)39-25(23)28(32)34)18-10-14-21(15-11-18)38-16-17-6-4-3-5-7-17/h3-15,22-23,25H,2,16H2,1H3,(H,31,36). The first-order valence-corrected chi connectivity index (χ1v) is 14.5. The maximum atomic E-state index is 13.9. The number of esters is 1. The van der Waals surface area contributed by atoms with E-state index in [1.807, 2.05) is 54.6 Å². The van der Waals surface area contributed by atoms with Gasteiger partial charge < -0.3 is 14.5 Å². The zero-order valence-corrected chi connectivity index (χ0v) is 23.0. The molecule has 0 radical (unpaired) electrons. The molecule has 202 valence electrons. The lowest BCUT2D eigenvalue weighted by Crippen LogP contribution is -2.32. The molecule has 8 nitrogen and oxygen atoms in total. The van der Waals surface area contributed by atoms with Gasteiger partial charge in [-0.25, -0.2) is 9.69 Å². The normalized spacial score (nSPS) is 19.7. The SMILES string of the molecule is CCOC(=O)c1ccc(N2C(=O)C3Sc4[nH]c(=O)sc4C(c4ccc(OCc5ccccc5)cc4)C3C2=O)cc1. The molecule has 1 saturated heterocycles. The van der Waals surface area contributed by atoms with Gasteiger partial charge in [0.2, 0.25) is 11.8 Å². The first kappa shape index (κ1) is 26.1. The average molecular weight is 573 g/mol. The predicted molar refractivity (Wildman–Crippen MR) is 152 cm³/mol. The number of H-pyrrole nitrogens is 1. The Balaban J connectivity index is 1.30. The summed E-state index contributed by atoms with van der Waals surface area (Å²) in [4.78, 5) is 56.5. The van der Waals surface area contributed by atoms with Crippen molar-refractivity contribution in [3.63, 3.8) is 0 Å². The monoisotopic (exact) mass is 572 g/mol. The van der Waals surface area contributed by atoms with Crippen LogP contribution in [0.2, 0.25) is 0 Å². The average Bonchev–Trinajstić information content (AvgIpc) is 3.47.